The molecule has 0 amide bonds. The average Bonchev–Trinajstić information content (AvgIpc) is 2.39. The van der Waals surface area contributed by atoms with Crippen LogP contribution >= 0.6 is 0 Å². The van der Waals surface area contributed by atoms with Gasteiger partial charge in [0.25, 0.3) is 0 Å². The highest BCUT2D eigenvalue weighted by Crippen LogP contribution is 2.24. The van der Waals surface area contributed by atoms with E-state index in [1.54, 1.807) is 23.3 Å². The largest absolute Gasteiger partial charge is 0.508 e. The van der Waals surface area contributed by atoms with Gasteiger partial charge < -0.3 is 5.11 Å². The number of unbranched alkanes of at least 4 members (excludes halogenated alkanes) is 1. The minimum Gasteiger partial charge on any atom is -0.508 e. The van der Waals surface area contributed by atoms with Gasteiger partial charge in [0.05, 0.1) is 0 Å². The molecule has 0 fully saturated rings. The van der Waals surface area contributed by atoms with Crippen LogP contribution in [0.1, 0.15) is 35.1 Å². The maximum atomic E-state index is 9.23. The summed E-state index contributed by atoms with van der Waals surface area (Å²) in [6.45, 7) is 0. The van der Waals surface area contributed by atoms with Crippen molar-refractivity contribution in [2.75, 3.05) is 0 Å². The van der Waals surface area contributed by atoms with Gasteiger partial charge in [-0.15, -0.1) is 0 Å². The number of benzene rings is 2. The second kappa shape index (κ2) is 5.48. The van der Waals surface area contributed by atoms with E-state index in [0.29, 0.717) is 5.75 Å². The van der Waals surface area contributed by atoms with E-state index in [0.717, 1.165) is 6.42 Å². The number of aromatic hydroxyl groups is 1. The summed E-state index contributed by atoms with van der Waals surface area (Å²) in [5.74, 6) is 0.353. The standard InChI is InChI=1S/C18H20O/c19-18-11-6-14(7-12-18)3-1-2-4-15-5-8-16-9-10-17(16)13-15/h5-8,11-13,19H,1-4,9-10H2. The van der Waals surface area contributed by atoms with E-state index in [1.807, 2.05) is 12.1 Å². The molecule has 1 aliphatic rings. The maximum Gasteiger partial charge on any atom is 0.115 e. The molecule has 1 heteroatoms. The monoisotopic (exact) mass is 252 g/mol. The molecule has 0 aromatic heterocycles. The van der Waals surface area contributed by atoms with E-state index in [-0.39, 0.29) is 0 Å². The number of fused-ring (bicyclic) bond motifs is 1. The normalized spacial score (nSPS) is 12.8. The first kappa shape index (κ1) is 12.3. The average molecular weight is 252 g/mol. The van der Waals surface area contributed by atoms with Gasteiger partial charge in [0, 0.05) is 0 Å². The summed E-state index contributed by atoms with van der Waals surface area (Å²) in [7, 11) is 0. The molecule has 1 nitrogen and oxygen atoms in total. The van der Waals surface area contributed by atoms with Crippen LogP contribution in [0.15, 0.2) is 42.5 Å². The first-order valence-corrected chi connectivity index (χ1v) is 7.20. The topological polar surface area (TPSA) is 20.2 Å². The summed E-state index contributed by atoms with van der Waals surface area (Å²) in [5.41, 5.74) is 5.92. The minimum absolute atomic E-state index is 0.353. The molecular formula is C18H20O. The van der Waals surface area contributed by atoms with Crippen molar-refractivity contribution < 1.29 is 5.11 Å². The predicted molar refractivity (Wildman–Crippen MR) is 78.6 cm³/mol. The summed E-state index contributed by atoms with van der Waals surface area (Å²) < 4.78 is 0. The third-order valence-electron chi connectivity index (χ3n) is 4.05. The molecule has 2 aromatic rings. The number of hydrogen-bond donors (Lipinski definition) is 1. The molecule has 0 saturated carbocycles. The summed E-state index contributed by atoms with van der Waals surface area (Å²) in [5, 5.41) is 9.23. The first-order valence-electron chi connectivity index (χ1n) is 7.20. The predicted octanol–water partition coefficient (Wildman–Crippen LogP) is 4.06. The van der Waals surface area contributed by atoms with Gasteiger partial charge in [0.15, 0.2) is 0 Å². The van der Waals surface area contributed by atoms with E-state index in [2.05, 4.69) is 18.2 Å². The fraction of sp³-hybridized carbons (Fsp3) is 0.333. The van der Waals surface area contributed by atoms with Gasteiger partial charge in [-0.1, -0.05) is 30.3 Å². The van der Waals surface area contributed by atoms with Crippen LogP contribution in [0.3, 0.4) is 0 Å². The Morgan fingerprint density at radius 2 is 1.37 bits per heavy atom. The Labute approximate surface area is 114 Å². The molecule has 19 heavy (non-hydrogen) atoms. The van der Waals surface area contributed by atoms with Crippen LogP contribution in [-0.2, 0) is 25.7 Å². The van der Waals surface area contributed by atoms with Gasteiger partial charge >= 0.3 is 0 Å². The second-order valence-electron chi connectivity index (χ2n) is 5.48. The fourth-order valence-electron chi connectivity index (χ4n) is 2.72. The zero-order valence-corrected chi connectivity index (χ0v) is 11.2. The Bertz CT molecular complexity index is 554. The molecular weight excluding hydrogens is 232 g/mol. The van der Waals surface area contributed by atoms with Crippen molar-refractivity contribution in [3.05, 3.63) is 64.7 Å². The molecule has 0 spiro atoms. The van der Waals surface area contributed by atoms with Crippen LogP contribution in [0.25, 0.3) is 0 Å². The van der Waals surface area contributed by atoms with Gasteiger partial charge in [-0.2, -0.15) is 0 Å². The Hall–Kier alpha value is -1.76. The molecule has 0 atom stereocenters. The van der Waals surface area contributed by atoms with Crippen molar-refractivity contribution >= 4 is 0 Å². The van der Waals surface area contributed by atoms with Crippen LogP contribution in [0, 0.1) is 0 Å². The van der Waals surface area contributed by atoms with Crippen LogP contribution in [0.5, 0.6) is 5.75 Å². The van der Waals surface area contributed by atoms with Gasteiger partial charge in [-0.05, 0) is 72.9 Å². The van der Waals surface area contributed by atoms with Crippen LogP contribution < -0.4 is 0 Å². The van der Waals surface area contributed by atoms with Crippen molar-refractivity contribution in [1.82, 2.24) is 0 Å². The molecule has 98 valence electrons. The second-order valence-corrected chi connectivity index (χ2v) is 5.48. The van der Waals surface area contributed by atoms with Crippen molar-refractivity contribution in [2.45, 2.75) is 38.5 Å². The van der Waals surface area contributed by atoms with E-state index >= 15 is 0 Å². The Morgan fingerprint density at radius 3 is 2.00 bits per heavy atom. The Kier molecular flexibility index (Phi) is 3.54. The molecule has 1 N–H and O–H groups in total. The van der Waals surface area contributed by atoms with Gasteiger partial charge in [0.2, 0.25) is 0 Å². The summed E-state index contributed by atoms with van der Waals surface area (Å²) in [6, 6.07) is 14.5. The smallest absolute Gasteiger partial charge is 0.115 e. The van der Waals surface area contributed by atoms with Crippen LogP contribution in [0.2, 0.25) is 0 Å². The van der Waals surface area contributed by atoms with E-state index in [1.165, 1.54) is 43.2 Å². The summed E-state index contributed by atoms with van der Waals surface area (Å²) >= 11 is 0. The molecule has 3 rings (SSSR count). The highest BCUT2D eigenvalue weighted by Gasteiger charge is 2.12. The number of aryl methyl sites for hydroxylation is 4. The van der Waals surface area contributed by atoms with Crippen molar-refractivity contribution in [3.8, 4) is 5.75 Å². The van der Waals surface area contributed by atoms with Gasteiger partial charge in [0.1, 0.15) is 5.75 Å². The van der Waals surface area contributed by atoms with Gasteiger partial charge in [-0.3, -0.25) is 0 Å². The zero-order chi connectivity index (χ0) is 13.1. The molecule has 1 aliphatic carbocycles. The van der Waals surface area contributed by atoms with E-state index in [4.69, 9.17) is 0 Å². The molecule has 0 radical (unpaired) electrons. The zero-order valence-electron chi connectivity index (χ0n) is 11.2. The Morgan fingerprint density at radius 1 is 0.737 bits per heavy atom. The lowest BCUT2D eigenvalue weighted by atomic mass is 9.86. The minimum atomic E-state index is 0.353. The number of phenolic OH excluding ortho intramolecular Hbond substituents is 1. The molecule has 0 saturated heterocycles. The van der Waals surface area contributed by atoms with E-state index in [9.17, 15) is 5.11 Å². The summed E-state index contributed by atoms with van der Waals surface area (Å²) in [4.78, 5) is 0. The molecule has 0 aliphatic heterocycles. The lowest BCUT2D eigenvalue weighted by Gasteiger charge is -2.19. The fourth-order valence-corrected chi connectivity index (χ4v) is 2.72. The third kappa shape index (κ3) is 2.98. The molecule has 0 bridgehead atoms. The van der Waals surface area contributed by atoms with Crippen molar-refractivity contribution in [2.24, 2.45) is 0 Å². The van der Waals surface area contributed by atoms with Gasteiger partial charge in [-0.25, -0.2) is 0 Å². The molecule has 2 aromatic carbocycles. The lowest BCUT2D eigenvalue weighted by Crippen LogP contribution is -2.08. The number of rotatable bonds is 5. The first-order chi connectivity index (χ1) is 9.31. The quantitative estimate of drug-likeness (QED) is 0.796. The number of hydrogen-bond acceptors (Lipinski definition) is 1. The molecule has 0 heterocycles. The number of phenols is 1. The van der Waals surface area contributed by atoms with Crippen molar-refractivity contribution in [3.63, 3.8) is 0 Å². The highest BCUT2D eigenvalue weighted by molar-refractivity contribution is 5.38. The van der Waals surface area contributed by atoms with E-state index < -0.39 is 0 Å². The Balaban J connectivity index is 1.45. The van der Waals surface area contributed by atoms with Crippen molar-refractivity contribution in [1.29, 1.82) is 0 Å². The highest BCUT2D eigenvalue weighted by atomic mass is 16.3. The molecule has 0 unspecified atom stereocenters. The summed E-state index contributed by atoms with van der Waals surface area (Å²) in [6.07, 6.45) is 7.28. The third-order valence-corrected chi connectivity index (χ3v) is 4.05. The maximum absolute atomic E-state index is 9.23. The van der Waals surface area contributed by atoms with Crippen LogP contribution in [-0.4, -0.2) is 5.11 Å². The van der Waals surface area contributed by atoms with Crippen LogP contribution in [0.4, 0.5) is 0 Å². The SMILES string of the molecule is Oc1ccc(CCCCc2ccc3c(c2)CC3)cc1. The lowest BCUT2D eigenvalue weighted by molar-refractivity contribution is 0.475.